The Labute approximate surface area is 90.1 Å². The first kappa shape index (κ1) is 10.6. The van der Waals surface area contributed by atoms with Gasteiger partial charge in [-0.15, -0.1) is 0 Å². The van der Waals surface area contributed by atoms with Crippen LogP contribution >= 0.6 is 0 Å². The molecule has 15 heavy (non-hydrogen) atoms. The Hall–Kier alpha value is -0.870. The van der Waals surface area contributed by atoms with Gasteiger partial charge in [0, 0.05) is 23.7 Å². The van der Waals surface area contributed by atoms with Crippen LogP contribution in [-0.2, 0) is 12.8 Å². The third-order valence-electron chi connectivity index (χ3n) is 2.98. The predicted molar refractivity (Wildman–Crippen MR) is 58.7 cm³/mol. The van der Waals surface area contributed by atoms with Crippen LogP contribution in [0.3, 0.4) is 0 Å². The SMILES string of the molecule is CC(C)n1nc2c(c1CCN)C(O)CC2. The number of nitrogens with two attached hydrogens (primary N) is 1. The molecule has 1 aromatic rings. The molecule has 3 N–H and O–H groups in total. The largest absolute Gasteiger partial charge is 0.388 e. The number of nitrogens with zero attached hydrogens (tertiary/aromatic N) is 2. The van der Waals surface area contributed by atoms with E-state index in [-0.39, 0.29) is 6.10 Å². The van der Waals surface area contributed by atoms with Crippen molar-refractivity contribution < 1.29 is 5.11 Å². The van der Waals surface area contributed by atoms with Gasteiger partial charge in [-0.2, -0.15) is 5.10 Å². The lowest BCUT2D eigenvalue weighted by Gasteiger charge is -2.13. The van der Waals surface area contributed by atoms with Gasteiger partial charge < -0.3 is 10.8 Å². The van der Waals surface area contributed by atoms with Crippen molar-refractivity contribution in [2.75, 3.05) is 6.54 Å². The second-order valence-electron chi connectivity index (χ2n) is 4.44. The molecule has 1 aliphatic carbocycles. The third-order valence-corrected chi connectivity index (χ3v) is 2.98. The zero-order valence-electron chi connectivity index (χ0n) is 9.40. The summed E-state index contributed by atoms with van der Waals surface area (Å²) in [7, 11) is 0. The van der Waals surface area contributed by atoms with Gasteiger partial charge in [0.25, 0.3) is 0 Å². The summed E-state index contributed by atoms with van der Waals surface area (Å²) >= 11 is 0. The smallest absolute Gasteiger partial charge is 0.0829 e. The Kier molecular flexibility index (Phi) is 2.80. The van der Waals surface area contributed by atoms with Gasteiger partial charge in [-0.3, -0.25) is 4.68 Å². The minimum absolute atomic E-state index is 0.325. The van der Waals surface area contributed by atoms with Crippen molar-refractivity contribution in [1.82, 2.24) is 9.78 Å². The first-order valence-electron chi connectivity index (χ1n) is 5.63. The van der Waals surface area contributed by atoms with Crippen LogP contribution in [0.4, 0.5) is 0 Å². The Morgan fingerprint density at radius 2 is 2.33 bits per heavy atom. The topological polar surface area (TPSA) is 64.1 Å². The van der Waals surface area contributed by atoms with E-state index in [2.05, 4.69) is 18.9 Å². The molecule has 0 aliphatic heterocycles. The van der Waals surface area contributed by atoms with Crippen molar-refractivity contribution in [3.63, 3.8) is 0 Å². The molecule has 0 radical (unpaired) electrons. The van der Waals surface area contributed by atoms with E-state index < -0.39 is 0 Å². The van der Waals surface area contributed by atoms with Crippen molar-refractivity contribution >= 4 is 0 Å². The van der Waals surface area contributed by atoms with Crippen LogP contribution in [0.2, 0.25) is 0 Å². The lowest BCUT2D eigenvalue weighted by atomic mass is 10.1. The Bertz CT molecular complexity index is 357. The number of rotatable bonds is 3. The Balaban J connectivity index is 2.45. The molecular weight excluding hydrogens is 190 g/mol. The van der Waals surface area contributed by atoms with Gasteiger partial charge in [0.1, 0.15) is 0 Å². The molecule has 2 rings (SSSR count). The Morgan fingerprint density at radius 3 is 2.93 bits per heavy atom. The van der Waals surface area contributed by atoms with Crippen LogP contribution in [0.1, 0.15) is 49.4 Å². The predicted octanol–water partition coefficient (Wildman–Crippen LogP) is 0.945. The van der Waals surface area contributed by atoms with E-state index in [0.717, 1.165) is 36.2 Å². The fraction of sp³-hybridized carbons (Fsp3) is 0.727. The van der Waals surface area contributed by atoms with Crippen molar-refractivity contribution in [2.24, 2.45) is 5.73 Å². The van der Waals surface area contributed by atoms with Gasteiger partial charge >= 0.3 is 0 Å². The van der Waals surface area contributed by atoms with Crippen LogP contribution in [0, 0.1) is 0 Å². The average Bonchev–Trinajstić information content (AvgIpc) is 2.69. The zero-order chi connectivity index (χ0) is 11.0. The van der Waals surface area contributed by atoms with E-state index >= 15 is 0 Å². The van der Waals surface area contributed by atoms with Crippen LogP contribution < -0.4 is 5.73 Å². The molecule has 1 atom stereocenters. The maximum absolute atomic E-state index is 9.89. The summed E-state index contributed by atoms with van der Waals surface area (Å²) in [4.78, 5) is 0. The van der Waals surface area contributed by atoms with Gasteiger partial charge in [-0.05, 0) is 33.2 Å². The van der Waals surface area contributed by atoms with Gasteiger partial charge in [0.15, 0.2) is 0 Å². The monoisotopic (exact) mass is 209 g/mol. The summed E-state index contributed by atoms with van der Waals surface area (Å²) in [6, 6.07) is 0.337. The highest BCUT2D eigenvalue weighted by molar-refractivity contribution is 5.33. The van der Waals surface area contributed by atoms with Crippen LogP contribution in [0.15, 0.2) is 0 Å². The van der Waals surface area contributed by atoms with E-state index in [4.69, 9.17) is 5.73 Å². The highest BCUT2D eigenvalue weighted by atomic mass is 16.3. The van der Waals surface area contributed by atoms with Crippen LogP contribution in [-0.4, -0.2) is 21.4 Å². The summed E-state index contributed by atoms with van der Waals surface area (Å²) < 4.78 is 2.01. The number of fused-ring (bicyclic) bond motifs is 1. The van der Waals surface area contributed by atoms with E-state index in [9.17, 15) is 5.11 Å². The molecule has 1 heterocycles. The first-order valence-corrected chi connectivity index (χ1v) is 5.63. The normalized spacial score (nSPS) is 19.9. The van der Waals surface area contributed by atoms with Gasteiger partial charge in [0.05, 0.1) is 11.8 Å². The van der Waals surface area contributed by atoms with Crippen molar-refractivity contribution in [3.05, 3.63) is 17.0 Å². The molecule has 0 aromatic carbocycles. The quantitative estimate of drug-likeness (QED) is 0.779. The second kappa shape index (κ2) is 3.94. The molecule has 0 saturated heterocycles. The molecule has 0 amide bonds. The second-order valence-corrected chi connectivity index (χ2v) is 4.44. The maximum Gasteiger partial charge on any atom is 0.0829 e. The van der Waals surface area contributed by atoms with Gasteiger partial charge in [-0.25, -0.2) is 0 Å². The van der Waals surface area contributed by atoms with Crippen molar-refractivity contribution in [1.29, 1.82) is 0 Å². The molecule has 0 bridgehead atoms. The Morgan fingerprint density at radius 1 is 1.60 bits per heavy atom. The summed E-state index contributed by atoms with van der Waals surface area (Å²) in [6.45, 7) is 4.82. The number of hydrogen-bond donors (Lipinski definition) is 2. The molecule has 0 saturated carbocycles. The number of hydrogen-bond acceptors (Lipinski definition) is 3. The molecule has 1 unspecified atom stereocenters. The van der Waals surface area contributed by atoms with E-state index in [1.54, 1.807) is 0 Å². The molecule has 4 heteroatoms. The van der Waals surface area contributed by atoms with Crippen LogP contribution in [0.25, 0.3) is 0 Å². The lowest BCUT2D eigenvalue weighted by Crippen LogP contribution is -2.14. The zero-order valence-corrected chi connectivity index (χ0v) is 9.40. The van der Waals surface area contributed by atoms with Crippen molar-refractivity contribution in [3.8, 4) is 0 Å². The fourth-order valence-electron chi connectivity index (χ4n) is 2.33. The molecule has 0 spiro atoms. The fourth-order valence-corrected chi connectivity index (χ4v) is 2.33. The number of aromatic nitrogens is 2. The summed E-state index contributed by atoms with van der Waals surface area (Å²) in [5.74, 6) is 0. The minimum atomic E-state index is -0.325. The first-order chi connectivity index (χ1) is 7.15. The maximum atomic E-state index is 9.89. The van der Waals surface area contributed by atoms with Gasteiger partial charge in [0.2, 0.25) is 0 Å². The van der Waals surface area contributed by atoms with E-state index in [1.807, 2.05) is 4.68 Å². The third kappa shape index (κ3) is 1.68. The van der Waals surface area contributed by atoms with Gasteiger partial charge in [-0.1, -0.05) is 0 Å². The lowest BCUT2D eigenvalue weighted by molar-refractivity contribution is 0.178. The molecule has 1 aliphatic rings. The molecule has 0 fully saturated rings. The highest BCUT2D eigenvalue weighted by Gasteiger charge is 2.29. The van der Waals surface area contributed by atoms with E-state index in [0.29, 0.717) is 12.6 Å². The molecule has 4 nitrogen and oxygen atoms in total. The highest BCUT2D eigenvalue weighted by Crippen LogP contribution is 2.34. The number of aliphatic hydroxyl groups excluding tert-OH is 1. The number of aliphatic hydroxyl groups is 1. The van der Waals surface area contributed by atoms with Crippen LogP contribution in [0.5, 0.6) is 0 Å². The molecular formula is C11H19N3O. The summed E-state index contributed by atoms with van der Waals surface area (Å²) in [6.07, 6.45) is 2.19. The van der Waals surface area contributed by atoms with Crippen molar-refractivity contribution in [2.45, 2.75) is 45.3 Å². The molecule has 1 aromatic heterocycles. The van der Waals surface area contributed by atoms with E-state index in [1.165, 1.54) is 0 Å². The standard InChI is InChI=1S/C11H19N3O/c1-7(2)14-9(5-6-12)11-8(13-14)3-4-10(11)15/h7,10,15H,3-6,12H2,1-2H3. The minimum Gasteiger partial charge on any atom is -0.388 e. The molecule has 84 valence electrons. The number of aryl methyl sites for hydroxylation is 1. The summed E-state index contributed by atoms with van der Waals surface area (Å²) in [5, 5.41) is 14.5. The average molecular weight is 209 g/mol. The summed E-state index contributed by atoms with van der Waals surface area (Å²) in [5.41, 5.74) is 8.86.